The van der Waals surface area contributed by atoms with E-state index in [1.807, 2.05) is 12.1 Å². The van der Waals surface area contributed by atoms with Crippen LogP contribution in [0.15, 0.2) is 24.3 Å². The molecule has 1 aromatic carbocycles. The zero-order valence-corrected chi connectivity index (χ0v) is 15.9. The summed E-state index contributed by atoms with van der Waals surface area (Å²) < 4.78 is 0. The fraction of sp³-hybridized carbons (Fsp3) is 0.682. The Kier molecular flexibility index (Phi) is 7.06. The van der Waals surface area contributed by atoms with Crippen molar-refractivity contribution in [2.45, 2.75) is 77.4 Å². The summed E-state index contributed by atoms with van der Waals surface area (Å²) >= 11 is 0. The normalized spacial score (nSPS) is 21.4. The molecule has 1 atom stereocenters. The number of carbonyl (C=O) groups is 1. The van der Waals surface area contributed by atoms with Crippen LogP contribution in [0, 0.1) is 0 Å². The highest BCUT2D eigenvalue weighted by Crippen LogP contribution is 2.26. The third kappa shape index (κ3) is 5.15. The van der Waals surface area contributed by atoms with Crippen LogP contribution >= 0.6 is 0 Å². The van der Waals surface area contributed by atoms with Gasteiger partial charge in [0.25, 0.3) is 0 Å². The predicted molar refractivity (Wildman–Crippen MR) is 104 cm³/mol. The minimum Gasteiger partial charge on any atom is -0.294 e. The van der Waals surface area contributed by atoms with Crippen molar-refractivity contribution in [2.75, 3.05) is 19.6 Å². The summed E-state index contributed by atoms with van der Waals surface area (Å²) in [7, 11) is 0. The van der Waals surface area contributed by atoms with Gasteiger partial charge in [0.2, 0.25) is 0 Å². The molecule has 0 aliphatic carbocycles. The number of rotatable bonds is 9. The van der Waals surface area contributed by atoms with Gasteiger partial charge in [0.05, 0.1) is 6.17 Å². The maximum absolute atomic E-state index is 12.3. The summed E-state index contributed by atoms with van der Waals surface area (Å²) in [5.41, 5.74) is 2.23. The first-order valence-corrected chi connectivity index (χ1v) is 10.4. The average Bonchev–Trinajstić information content (AvgIpc) is 3.12. The van der Waals surface area contributed by atoms with Gasteiger partial charge in [-0.2, -0.15) is 0 Å². The number of benzene rings is 1. The largest absolute Gasteiger partial charge is 0.294 e. The van der Waals surface area contributed by atoms with Gasteiger partial charge in [-0.1, -0.05) is 56.9 Å². The maximum atomic E-state index is 12.3. The third-order valence-corrected chi connectivity index (χ3v) is 5.81. The number of carbonyl (C=O) groups excluding carboxylic acids is 1. The molecular formula is C22H34N2O. The van der Waals surface area contributed by atoms with Gasteiger partial charge in [-0.05, 0) is 37.8 Å². The van der Waals surface area contributed by atoms with Gasteiger partial charge in [0.1, 0.15) is 0 Å². The van der Waals surface area contributed by atoms with Crippen LogP contribution in [-0.4, -0.2) is 41.4 Å². The van der Waals surface area contributed by atoms with E-state index in [1.54, 1.807) is 0 Å². The highest BCUT2D eigenvalue weighted by atomic mass is 16.1. The van der Waals surface area contributed by atoms with Crippen molar-refractivity contribution in [2.24, 2.45) is 0 Å². The van der Waals surface area contributed by atoms with Crippen molar-refractivity contribution in [3.63, 3.8) is 0 Å². The lowest BCUT2D eigenvalue weighted by atomic mass is 10.0. The third-order valence-electron chi connectivity index (χ3n) is 5.81. The molecule has 1 unspecified atom stereocenters. The van der Waals surface area contributed by atoms with Crippen molar-refractivity contribution in [1.29, 1.82) is 0 Å². The molecule has 0 spiro atoms. The molecule has 0 saturated carbocycles. The SMILES string of the molecule is CCCCCCCC(=O)c1ccc(CN2CCCN3CCCC32)cc1. The fourth-order valence-corrected chi connectivity index (χ4v) is 4.36. The van der Waals surface area contributed by atoms with E-state index in [4.69, 9.17) is 0 Å². The van der Waals surface area contributed by atoms with Crippen LogP contribution in [0.2, 0.25) is 0 Å². The van der Waals surface area contributed by atoms with E-state index < -0.39 is 0 Å². The topological polar surface area (TPSA) is 23.6 Å². The number of nitrogens with zero attached hydrogens (tertiary/aromatic N) is 2. The molecule has 3 rings (SSSR count). The van der Waals surface area contributed by atoms with Crippen LogP contribution in [0.1, 0.15) is 80.6 Å². The van der Waals surface area contributed by atoms with Crippen molar-refractivity contribution in [1.82, 2.24) is 9.80 Å². The Labute approximate surface area is 153 Å². The second-order valence-electron chi connectivity index (χ2n) is 7.77. The zero-order valence-electron chi connectivity index (χ0n) is 15.9. The van der Waals surface area contributed by atoms with Gasteiger partial charge in [-0.15, -0.1) is 0 Å². The molecule has 2 saturated heterocycles. The lowest BCUT2D eigenvalue weighted by molar-refractivity contribution is 0.0287. The van der Waals surface area contributed by atoms with E-state index in [2.05, 4.69) is 28.9 Å². The zero-order chi connectivity index (χ0) is 17.5. The molecule has 2 heterocycles. The van der Waals surface area contributed by atoms with Crippen molar-refractivity contribution >= 4 is 5.78 Å². The molecule has 0 bridgehead atoms. The van der Waals surface area contributed by atoms with E-state index in [-0.39, 0.29) is 0 Å². The Morgan fingerprint density at radius 3 is 2.56 bits per heavy atom. The molecule has 2 aliphatic heterocycles. The predicted octanol–water partition coefficient (Wildman–Crippen LogP) is 4.86. The van der Waals surface area contributed by atoms with Gasteiger partial charge in [0.15, 0.2) is 5.78 Å². The first-order valence-electron chi connectivity index (χ1n) is 10.4. The lowest BCUT2D eigenvalue weighted by Crippen LogP contribution is -2.49. The molecule has 25 heavy (non-hydrogen) atoms. The fourth-order valence-electron chi connectivity index (χ4n) is 4.36. The van der Waals surface area contributed by atoms with Crippen molar-refractivity contribution < 1.29 is 4.79 Å². The van der Waals surface area contributed by atoms with E-state index in [9.17, 15) is 4.79 Å². The van der Waals surface area contributed by atoms with Crippen LogP contribution in [0.3, 0.4) is 0 Å². The van der Waals surface area contributed by atoms with E-state index in [0.29, 0.717) is 18.4 Å². The van der Waals surface area contributed by atoms with Gasteiger partial charge in [-0.3, -0.25) is 14.6 Å². The maximum Gasteiger partial charge on any atom is 0.162 e. The van der Waals surface area contributed by atoms with E-state index >= 15 is 0 Å². The van der Waals surface area contributed by atoms with E-state index in [1.165, 1.54) is 70.1 Å². The Bertz CT molecular complexity index is 539. The Morgan fingerprint density at radius 1 is 1.00 bits per heavy atom. The van der Waals surface area contributed by atoms with Gasteiger partial charge in [0, 0.05) is 31.6 Å². The molecule has 0 aromatic heterocycles. The van der Waals surface area contributed by atoms with Crippen LogP contribution in [0.25, 0.3) is 0 Å². The summed E-state index contributed by atoms with van der Waals surface area (Å²) in [6, 6.07) is 8.41. The lowest BCUT2D eigenvalue weighted by Gasteiger charge is -2.40. The molecule has 2 aliphatic rings. The van der Waals surface area contributed by atoms with Crippen LogP contribution in [0.5, 0.6) is 0 Å². The molecule has 138 valence electrons. The van der Waals surface area contributed by atoms with Crippen LogP contribution < -0.4 is 0 Å². The summed E-state index contributed by atoms with van der Waals surface area (Å²) in [6.45, 7) is 6.99. The summed E-state index contributed by atoms with van der Waals surface area (Å²) in [5.74, 6) is 0.308. The number of Topliss-reactive ketones (excluding diaryl/α,β-unsaturated/α-hetero) is 1. The number of hydrogen-bond donors (Lipinski definition) is 0. The van der Waals surface area contributed by atoms with Gasteiger partial charge >= 0.3 is 0 Å². The summed E-state index contributed by atoms with van der Waals surface area (Å²) in [6.07, 6.45) is 11.3. The molecule has 3 nitrogen and oxygen atoms in total. The summed E-state index contributed by atoms with van der Waals surface area (Å²) in [4.78, 5) is 17.6. The van der Waals surface area contributed by atoms with Gasteiger partial charge in [-0.25, -0.2) is 0 Å². The smallest absolute Gasteiger partial charge is 0.162 e. The average molecular weight is 343 g/mol. The molecule has 0 amide bonds. The molecular weight excluding hydrogens is 308 g/mol. The highest BCUT2D eigenvalue weighted by Gasteiger charge is 2.32. The number of fused-ring (bicyclic) bond motifs is 1. The van der Waals surface area contributed by atoms with Gasteiger partial charge < -0.3 is 0 Å². The minimum atomic E-state index is 0.308. The summed E-state index contributed by atoms with van der Waals surface area (Å²) in [5, 5.41) is 0. The quantitative estimate of drug-likeness (QED) is 0.473. The number of hydrogen-bond acceptors (Lipinski definition) is 3. The van der Waals surface area contributed by atoms with Crippen LogP contribution in [0.4, 0.5) is 0 Å². The molecule has 2 fully saturated rings. The van der Waals surface area contributed by atoms with Crippen molar-refractivity contribution in [3.8, 4) is 0 Å². The number of unbranched alkanes of at least 4 members (excludes halogenated alkanes) is 4. The minimum absolute atomic E-state index is 0.308. The molecule has 0 radical (unpaired) electrons. The monoisotopic (exact) mass is 342 g/mol. The molecule has 1 aromatic rings. The number of ketones is 1. The first-order chi connectivity index (χ1) is 12.3. The highest BCUT2D eigenvalue weighted by molar-refractivity contribution is 5.96. The Hall–Kier alpha value is -1.19. The Balaban J connectivity index is 1.47. The van der Waals surface area contributed by atoms with E-state index in [0.717, 1.165) is 18.5 Å². The molecule has 0 N–H and O–H groups in total. The Morgan fingerprint density at radius 2 is 1.76 bits per heavy atom. The first kappa shape index (κ1) is 18.6. The second-order valence-corrected chi connectivity index (χ2v) is 7.77. The second kappa shape index (κ2) is 9.49. The standard InChI is InChI=1S/C22H34N2O/c1-2-3-4-5-6-9-21(25)20-13-11-19(12-14-20)18-24-17-8-16-23-15-7-10-22(23)24/h11-14,22H,2-10,15-18H2,1H3. The van der Waals surface area contributed by atoms with Crippen molar-refractivity contribution in [3.05, 3.63) is 35.4 Å². The van der Waals surface area contributed by atoms with Crippen LogP contribution in [-0.2, 0) is 6.54 Å². The molecule has 3 heteroatoms.